The number of fused-ring (bicyclic) bond motifs is 2. The highest BCUT2D eigenvalue weighted by atomic mass is 16.5. The molecule has 5 rings (SSSR count). The number of rotatable bonds is 4. The Morgan fingerprint density at radius 1 is 1.29 bits per heavy atom. The second-order valence-corrected chi connectivity index (χ2v) is 9.73. The Balaban J connectivity index is 1.47. The van der Waals surface area contributed by atoms with Crippen molar-refractivity contribution in [2.24, 2.45) is 5.92 Å². The largest absolute Gasteiger partial charge is 0.501 e. The molecule has 1 amide bonds. The predicted molar refractivity (Wildman–Crippen MR) is 129 cm³/mol. The van der Waals surface area contributed by atoms with Crippen molar-refractivity contribution >= 4 is 5.91 Å². The molecule has 3 aliphatic heterocycles. The molecule has 3 unspecified atom stereocenters. The van der Waals surface area contributed by atoms with Crippen molar-refractivity contribution in [3.63, 3.8) is 0 Å². The van der Waals surface area contributed by atoms with E-state index in [0.29, 0.717) is 25.3 Å². The lowest BCUT2D eigenvalue weighted by Gasteiger charge is -2.44. The van der Waals surface area contributed by atoms with Gasteiger partial charge < -0.3 is 29.4 Å². The van der Waals surface area contributed by atoms with Gasteiger partial charge in [-0.25, -0.2) is 4.90 Å². The molecule has 34 heavy (non-hydrogen) atoms. The lowest BCUT2D eigenvalue weighted by Crippen LogP contribution is -2.55. The maximum atomic E-state index is 12.9. The fourth-order valence-corrected chi connectivity index (χ4v) is 6.49. The van der Waals surface area contributed by atoms with Crippen LogP contribution in [0.1, 0.15) is 43.6 Å². The van der Waals surface area contributed by atoms with Crippen molar-refractivity contribution in [3.05, 3.63) is 58.8 Å². The summed E-state index contributed by atoms with van der Waals surface area (Å²) >= 11 is 0. The number of carbonyl (C=O) groups is 1. The van der Waals surface area contributed by atoms with Crippen molar-refractivity contribution in [2.75, 3.05) is 40.4 Å². The minimum atomic E-state index is -0.705. The molecule has 1 aromatic heterocycles. The van der Waals surface area contributed by atoms with Gasteiger partial charge in [0.2, 0.25) is 0 Å². The van der Waals surface area contributed by atoms with Crippen LogP contribution in [0.15, 0.2) is 53.1 Å². The van der Waals surface area contributed by atoms with Crippen molar-refractivity contribution in [1.29, 1.82) is 0 Å². The van der Waals surface area contributed by atoms with E-state index >= 15 is 0 Å². The number of allylic oxidation sites excluding steroid dienone is 1. The summed E-state index contributed by atoms with van der Waals surface area (Å²) in [6, 6.07) is 3.68. The fourth-order valence-electron chi connectivity index (χ4n) is 6.49. The van der Waals surface area contributed by atoms with E-state index in [2.05, 4.69) is 40.8 Å². The number of aromatic nitrogens is 1. The first-order valence-electron chi connectivity index (χ1n) is 12.3. The van der Waals surface area contributed by atoms with Crippen LogP contribution in [0.4, 0.5) is 0 Å². The van der Waals surface area contributed by atoms with E-state index in [1.807, 2.05) is 17.0 Å². The number of aliphatic hydroxyl groups is 1. The molecule has 1 aromatic rings. The second kappa shape index (κ2) is 8.91. The van der Waals surface area contributed by atoms with Gasteiger partial charge in [0, 0.05) is 57.5 Å². The van der Waals surface area contributed by atoms with Crippen LogP contribution in [0, 0.1) is 5.92 Å². The number of hydrogen-bond acceptors (Lipinski definition) is 6. The molecule has 4 heterocycles. The molecule has 0 radical (unpaired) electrons. The first-order valence-corrected chi connectivity index (χ1v) is 12.3. The van der Waals surface area contributed by atoms with Gasteiger partial charge in [-0.3, -0.25) is 4.79 Å². The Bertz CT molecular complexity index is 1020. The topological polar surface area (TPSA) is 81.3 Å². The lowest BCUT2D eigenvalue weighted by atomic mass is 9.81. The number of ether oxygens (including phenoxy) is 2. The number of piperidine rings is 1. The Morgan fingerprint density at radius 3 is 2.68 bits per heavy atom. The molecule has 4 aliphatic rings. The number of likely N-dealkylation sites (tertiary alicyclic amines) is 1. The van der Waals surface area contributed by atoms with Crippen LogP contribution in [-0.2, 0) is 9.47 Å². The summed E-state index contributed by atoms with van der Waals surface area (Å²) in [6.45, 7) is 6.99. The molecule has 0 bridgehead atoms. The van der Waals surface area contributed by atoms with Crippen molar-refractivity contribution in [1.82, 2.24) is 19.7 Å². The minimum Gasteiger partial charge on any atom is -0.501 e. The van der Waals surface area contributed by atoms with Gasteiger partial charge in [0.25, 0.3) is 5.91 Å². The van der Waals surface area contributed by atoms with Crippen LogP contribution in [0.3, 0.4) is 0 Å². The Hall–Kier alpha value is -2.55. The van der Waals surface area contributed by atoms with E-state index in [0.717, 1.165) is 31.6 Å². The maximum absolute atomic E-state index is 12.9. The molecule has 3 atom stereocenters. The summed E-state index contributed by atoms with van der Waals surface area (Å²) in [5.41, 5.74) is 3.95. The SMILES string of the molecule is CCN1C(O)N2CC3=C(C(C)C=C2C12CCN(C(=O)c1ccc[nH]1)CC2)C(OC)CC(OC)=C3. The van der Waals surface area contributed by atoms with Crippen LogP contribution in [0.25, 0.3) is 0 Å². The van der Waals surface area contributed by atoms with E-state index in [9.17, 15) is 9.90 Å². The van der Waals surface area contributed by atoms with Gasteiger partial charge in [0.05, 0.1) is 24.5 Å². The van der Waals surface area contributed by atoms with Crippen LogP contribution < -0.4 is 0 Å². The molecule has 0 aromatic carbocycles. The molecular weight excluding hydrogens is 432 g/mol. The first-order chi connectivity index (χ1) is 16.4. The van der Waals surface area contributed by atoms with E-state index in [1.54, 1.807) is 20.4 Å². The van der Waals surface area contributed by atoms with Gasteiger partial charge >= 0.3 is 0 Å². The molecule has 1 aliphatic carbocycles. The second-order valence-electron chi connectivity index (χ2n) is 9.73. The van der Waals surface area contributed by atoms with Gasteiger partial charge in [-0.1, -0.05) is 19.9 Å². The van der Waals surface area contributed by atoms with Crippen molar-refractivity contribution in [2.45, 2.75) is 51.1 Å². The summed E-state index contributed by atoms with van der Waals surface area (Å²) in [7, 11) is 3.46. The quantitative estimate of drug-likeness (QED) is 0.707. The van der Waals surface area contributed by atoms with E-state index in [1.165, 1.54) is 16.8 Å². The lowest BCUT2D eigenvalue weighted by molar-refractivity contribution is -0.0805. The van der Waals surface area contributed by atoms with Crippen molar-refractivity contribution < 1.29 is 19.4 Å². The summed E-state index contributed by atoms with van der Waals surface area (Å²) in [4.78, 5) is 22.3. The zero-order valence-corrected chi connectivity index (χ0v) is 20.6. The third-order valence-electron chi connectivity index (χ3n) is 8.17. The highest BCUT2D eigenvalue weighted by Gasteiger charge is 2.55. The van der Waals surface area contributed by atoms with Crippen LogP contribution in [0.5, 0.6) is 0 Å². The van der Waals surface area contributed by atoms with E-state index in [4.69, 9.17) is 9.47 Å². The monoisotopic (exact) mass is 468 g/mol. The Kier molecular flexibility index (Phi) is 6.08. The maximum Gasteiger partial charge on any atom is 0.270 e. The number of likely N-dealkylation sites (N-methyl/N-ethyl adjacent to an activating group) is 1. The summed E-state index contributed by atoms with van der Waals surface area (Å²) < 4.78 is 11.5. The van der Waals surface area contributed by atoms with Gasteiger partial charge in [-0.2, -0.15) is 0 Å². The number of nitrogens with one attached hydrogen (secondary N) is 1. The number of amides is 1. The first kappa shape index (κ1) is 23.2. The number of nitrogens with zero attached hydrogens (tertiary/aromatic N) is 3. The van der Waals surface area contributed by atoms with Crippen LogP contribution in [0.2, 0.25) is 0 Å². The third kappa shape index (κ3) is 3.51. The number of aromatic amines is 1. The molecule has 2 saturated heterocycles. The van der Waals surface area contributed by atoms with Gasteiger partial charge in [-0.15, -0.1) is 0 Å². The molecule has 8 heteroatoms. The molecule has 0 saturated carbocycles. The highest BCUT2D eigenvalue weighted by molar-refractivity contribution is 5.92. The summed E-state index contributed by atoms with van der Waals surface area (Å²) in [6.07, 6.45) is 7.81. The molecule has 2 fully saturated rings. The standard InChI is InChI=1S/C26H36N4O4/c1-5-30-25(32)29-16-18-14-19(33-3)15-21(34-4)23(18)17(2)13-22(29)26(30)8-11-28(12-9-26)24(31)20-7-6-10-27-20/h6-7,10,13-14,17,21,25,27,32H,5,8-9,11-12,15-16H2,1-4H3. The van der Waals surface area contributed by atoms with Crippen molar-refractivity contribution in [3.8, 4) is 0 Å². The summed E-state index contributed by atoms with van der Waals surface area (Å²) in [5.74, 6) is 1.13. The molecule has 8 nitrogen and oxygen atoms in total. The summed E-state index contributed by atoms with van der Waals surface area (Å²) in [5, 5.41) is 11.5. The molecule has 184 valence electrons. The Morgan fingerprint density at radius 2 is 2.06 bits per heavy atom. The van der Waals surface area contributed by atoms with Crippen LogP contribution in [-0.4, -0.2) is 89.1 Å². The smallest absolute Gasteiger partial charge is 0.270 e. The average molecular weight is 469 g/mol. The third-order valence-corrected chi connectivity index (χ3v) is 8.17. The molecule has 1 spiro atoms. The highest BCUT2D eigenvalue weighted by Crippen LogP contribution is 2.48. The Labute approximate surface area is 201 Å². The van der Waals surface area contributed by atoms with Gasteiger partial charge in [-0.05, 0) is 42.2 Å². The van der Waals surface area contributed by atoms with Crippen LogP contribution >= 0.6 is 0 Å². The number of H-pyrrole nitrogens is 1. The van der Waals surface area contributed by atoms with E-state index in [-0.39, 0.29) is 23.5 Å². The number of aliphatic hydroxyl groups excluding tert-OH is 1. The normalized spacial score (nSPS) is 28.9. The minimum absolute atomic E-state index is 0.0301. The van der Waals surface area contributed by atoms with Gasteiger partial charge in [0.15, 0.2) is 6.35 Å². The van der Waals surface area contributed by atoms with Gasteiger partial charge in [0.1, 0.15) is 5.69 Å². The number of carbonyl (C=O) groups excluding carboxylic acids is 1. The molecule has 2 N–H and O–H groups in total. The molecular formula is C26H36N4O4. The zero-order chi connectivity index (χ0) is 24.0. The van der Waals surface area contributed by atoms with E-state index < -0.39 is 6.35 Å². The fraction of sp³-hybridized carbons (Fsp3) is 0.577. The zero-order valence-electron chi connectivity index (χ0n) is 20.6. The average Bonchev–Trinajstić information content (AvgIpc) is 3.42. The number of methoxy groups -OCH3 is 2. The predicted octanol–water partition coefficient (Wildman–Crippen LogP) is 2.68. The number of hydrogen-bond donors (Lipinski definition) is 2.